The van der Waals surface area contributed by atoms with Crippen LogP contribution in [0.4, 0.5) is 0 Å². The van der Waals surface area contributed by atoms with Crippen LogP contribution in [-0.4, -0.2) is 20.3 Å². The second kappa shape index (κ2) is 8.15. The largest absolute Gasteiger partial charge is 0.493 e. The van der Waals surface area contributed by atoms with E-state index < -0.39 is 0 Å². The van der Waals surface area contributed by atoms with Gasteiger partial charge in [-0.15, -0.1) is 0 Å². The van der Waals surface area contributed by atoms with Crippen molar-refractivity contribution in [2.24, 2.45) is 5.41 Å². The van der Waals surface area contributed by atoms with Gasteiger partial charge in [0.25, 0.3) is 0 Å². The summed E-state index contributed by atoms with van der Waals surface area (Å²) in [5.74, 6) is 1.69. The summed E-state index contributed by atoms with van der Waals surface area (Å²) in [6.45, 7) is 11.4. The summed E-state index contributed by atoms with van der Waals surface area (Å²) in [5.41, 5.74) is 1.44. The number of benzene rings is 1. The molecule has 0 saturated heterocycles. The Balaban J connectivity index is 2.73. The van der Waals surface area contributed by atoms with E-state index in [4.69, 9.17) is 9.47 Å². The molecule has 0 spiro atoms. The van der Waals surface area contributed by atoms with Crippen LogP contribution in [0.25, 0.3) is 0 Å². The number of hydrogen-bond acceptors (Lipinski definition) is 3. The summed E-state index contributed by atoms with van der Waals surface area (Å²) in [6.07, 6.45) is 2.15. The maximum absolute atomic E-state index is 6.00. The molecule has 0 bridgehead atoms. The molecule has 1 rings (SSSR count). The molecule has 0 radical (unpaired) electrons. The lowest BCUT2D eigenvalue weighted by Gasteiger charge is -2.20. The molecule has 1 aromatic rings. The molecule has 0 unspecified atom stereocenters. The quantitative estimate of drug-likeness (QED) is 0.729. The summed E-state index contributed by atoms with van der Waals surface area (Å²) in [4.78, 5) is 0. The summed E-state index contributed by atoms with van der Waals surface area (Å²) in [7, 11) is 1.69. The van der Waals surface area contributed by atoms with Crippen LogP contribution in [0.5, 0.6) is 11.5 Å². The third-order valence-corrected chi connectivity index (χ3v) is 3.12. The molecule has 1 aromatic carbocycles. The zero-order valence-electron chi connectivity index (χ0n) is 13.6. The van der Waals surface area contributed by atoms with Crippen molar-refractivity contribution in [2.45, 2.75) is 47.1 Å². The zero-order valence-corrected chi connectivity index (χ0v) is 13.6. The molecule has 3 heteroatoms. The van der Waals surface area contributed by atoms with Crippen molar-refractivity contribution in [2.75, 3.05) is 20.3 Å². The molecule has 0 atom stereocenters. The lowest BCUT2D eigenvalue weighted by molar-refractivity contribution is 0.232. The summed E-state index contributed by atoms with van der Waals surface area (Å²) >= 11 is 0. The first-order valence-electron chi connectivity index (χ1n) is 7.47. The fourth-order valence-corrected chi connectivity index (χ4v) is 1.88. The predicted molar refractivity (Wildman–Crippen MR) is 84.6 cm³/mol. The van der Waals surface area contributed by atoms with Crippen LogP contribution in [0, 0.1) is 5.41 Å². The minimum atomic E-state index is 0.280. The first kappa shape index (κ1) is 16.8. The molecule has 114 valence electrons. The van der Waals surface area contributed by atoms with Gasteiger partial charge in [0.05, 0.1) is 13.7 Å². The van der Waals surface area contributed by atoms with Gasteiger partial charge in [-0.05, 0) is 30.9 Å². The highest BCUT2D eigenvalue weighted by Gasteiger charge is 2.13. The van der Waals surface area contributed by atoms with E-state index in [1.807, 2.05) is 12.1 Å². The zero-order chi connectivity index (χ0) is 15.0. The normalized spacial score (nSPS) is 11.4. The Hall–Kier alpha value is -1.22. The van der Waals surface area contributed by atoms with Crippen molar-refractivity contribution in [1.29, 1.82) is 0 Å². The van der Waals surface area contributed by atoms with Crippen molar-refractivity contribution < 1.29 is 9.47 Å². The smallest absolute Gasteiger partial charge is 0.165 e. The molecular formula is C17H29NO2. The molecule has 0 heterocycles. The van der Waals surface area contributed by atoms with Gasteiger partial charge in [0.1, 0.15) is 0 Å². The molecule has 0 aliphatic carbocycles. The molecular weight excluding hydrogens is 250 g/mol. The minimum absolute atomic E-state index is 0.280. The van der Waals surface area contributed by atoms with Gasteiger partial charge in [-0.25, -0.2) is 0 Å². The molecule has 0 amide bonds. The Morgan fingerprint density at radius 2 is 1.95 bits per heavy atom. The van der Waals surface area contributed by atoms with Gasteiger partial charge in [-0.3, -0.25) is 0 Å². The van der Waals surface area contributed by atoms with Gasteiger partial charge in [-0.2, -0.15) is 0 Å². The van der Waals surface area contributed by atoms with Gasteiger partial charge < -0.3 is 14.8 Å². The van der Waals surface area contributed by atoms with Gasteiger partial charge in [0.15, 0.2) is 11.5 Å². The van der Waals surface area contributed by atoms with E-state index in [1.165, 1.54) is 0 Å². The fourth-order valence-electron chi connectivity index (χ4n) is 1.88. The molecule has 3 nitrogen and oxygen atoms in total. The summed E-state index contributed by atoms with van der Waals surface area (Å²) < 4.78 is 11.4. The number of nitrogens with one attached hydrogen (secondary N) is 1. The van der Waals surface area contributed by atoms with Gasteiger partial charge >= 0.3 is 0 Å². The number of ether oxygens (including phenoxy) is 2. The Bertz CT molecular complexity index is 396. The SMILES string of the molecule is CCCNCc1cccc(OC)c1OCCC(C)(C)C. The molecule has 0 aliphatic rings. The third-order valence-electron chi connectivity index (χ3n) is 3.12. The Morgan fingerprint density at radius 3 is 2.55 bits per heavy atom. The Labute approximate surface area is 123 Å². The molecule has 0 saturated carbocycles. The van der Waals surface area contributed by atoms with Crippen molar-refractivity contribution in [3.05, 3.63) is 23.8 Å². The number of hydrogen-bond donors (Lipinski definition) is 1. The lowest BCUT2D eigenvalue weighted by atomic mass is 9.93. The van der Waals surface area contributed by atoms with Gasteiger partial charge in [0.2, 0.25) is 0 Å². The van der Waals surface area contributed by atoms with Crippen LogP contribution in [0.1, 0.15) is 46.1 Å². The standard InChI is InChI=1S/C17H29NO2/c1-6-11-18-13-14-8-7-9-15(19-5)16(14)20-12-10-17(2,3)4/h7-9,18H,6,10-13H2,1-5H3. The third kappa shape index (κ3) is 5.83. The van der Waals surface area contributed by atoms with E-state index in [2.05, 4.69) is 39.1 Å². The van der Waals surface area contributed by atoms with Crippen LogP contribution in [0.3, 0.4) is 0 Å². The van der Waals surface area contributed by atoms with E-state index in [9.17, 15) is 0 Å². The van der Waals surface area contributed by atoms with E-state index in [-0.39, 0.29) is 5.41 Å². The molecule has 0 aliphatic heterocycles. The number of methoxy groups -OCH3 is 1. The fraction of sp³-hybridized carbons (Fsp3) is 0.647. The van der Waals surface area contributed by atoms with Crippen LogP contribution in [0.2, 0.25) is 0 Å². The van der Waals surface area contributed by atoms with Crippen molar-refractivity contribution in [3.63, 3.8) is 0 Å². The highest BCUT2D eigenvalue weighted by Crippen LogP contribution is 2.32. The summed E-state index contributed by atoms with van der Waals surface area (Å²) in [6, 6.07) is 6.06. The number of para-hydroxylation sites is 1. The van der Waals surface area contributed by atoms with Gasteiger partial charge in [0, 0.05) is 12.1 Å². The van der Waals surface area contributed by atoms with Gasteiger partial charge in [-0.1, -0.05) is 39.8 Å². The topological polar surface area (TPSA) is 30.5 Å². The maximum Gasteiger partial charge on any atom is 0.165 e. The van der Waals surface area contributed by atoms with Crippen molar-refractivity contribution in [1.82, 2.24) is 5.32 Å². The average Bonchev–Trinajstić information content (AvgIpc) is 2.39. The molecule has 0 fully saturated rings. The maximum atomic E-state index is 6.00. The van der Waals surface area contributed by atoms with E-state index >= 15 is 0 Å². The molecule has 20 heavy (non-hydrogen) atoms. The first-order chi connectivity index (χ1) is 9.48. The minimum Gasteiger partial charge on any atom is -0.493 e. The van der Waals surface area contributed by atoms with E-state index in [1.54, 1.807) is 7.11 Å². The van der Waals surface area contributed by atoms with Crippen LogP contribution in [-0.2, 0) is 6.54 Å². The Morgan fingerprint density at radius 1 is 1.20 bits per heavy atom. The second-order valence-corrected chi connectivity index (χ2v) is 6.28. The first-order valence-corrected chi connectivity index (χ1v) is 7.47. The van der Waals surface area contributed by atoms with Crippen LogP contribution in [0.15, 0.2) is 18.2 Å². The van der Waals surface area contributed by atoms with Crippen molar-refractivity contribution in [3.8, 4) is 11.5 Å². The van der Waals surface area contributed by atoms with Crippen LogP contribution >= 0.6 is 0 Å². The monoisotopic (exact) mass is 279 g/mol. The predicted octanol–water partition coefficient (Wildman–Crippen LogP) is 4.01. The highest BCUT2D eigenvalue weighted by molar-refractivity contribution is 5.46. The van der Waals surface area contributed by atoms with E-state index in [0.717, 1.165) is 43.0 Å². The van der Waals surface area contributed by atoms with Crippen molar-refractivity contribution >= 4 is 0 Å². The second-order valence-electron chi connectivity index (χ2n) is 6.28. The Kier molecular flexibility index (Phi) is 6.86. The summed E-state index contributed by atoms with van der Waals surface area (Å²) in [5, 5.41) is 3.41. The van der Waals surface area contributed by atoms with Crippen LogP contribution < -0.4 is 14.8 Å². The average molecular weight is 279 g/mol. The number of rotatable bonds is 8. The van der Waals surface area contributed by atoms with E-state index in [0.29, 0.717) is 6.61 Å². The lowest BCUT2D eigenvalue weighted by Crippen LogP contribution is -2.16. The highest BCUT2D eigenvalue weighted by atomic mass is 16.5. The molecule has 1 N–H and O–H groups in total. The molecule has 0 aromatic heterocycles.